The van der Waals surface area contributed by atoms with E-state index in [0.717, 1.165) is 5.56 Å². The molecule has 0 aliphatic carbocycles. The zero-order chi connectivity index (χ0) is 20.6. The van der Waals surface area contributed by atoms with E-state index in [0.29, 0.717) is 0 Å². The Hall–Kier alpha value is -2.61. The van der Waals surface area contributed by atoms with Crippen LogP contribution in [0.1, 0.15) is 21.9 Å². The van der Waals surface area contributed by atoms with Gasteiger partial charge < -0.3 is 5.73 Å². The Kier molecular flexibility index (Phi) is 7.80. The lowest BCUT2D eigenvalue weighted by molar-refractivity contribution is 0.483. The summed E-state index contributed by atoms with van der Waals surface area (Å²) in [6.45, 7) is 1.84. The molecule has 146 valence electrons. The van der Waals surface area contributed by atoms with E-state index in [-0.39, 0.29) is 15.3 Å². The SMILES string of the molecule is Cc1ccc(S(=O)(=O)O)cc1.N=C(N)SC(c1ccccc1)c1ccccc1. The zero-order valence-corrected chi connectivity index (χ0v) is 17.0. The van der Waals surface area contributed by atoms with Crippen LogP contribution in [0.2, 0.25) is 0 Å². The van der Waals surface area contributed by atoms with Gasteiger partial charge in [0.05, 0.1) is 10.1 Å². The molecular formula is C21H22N2O3S2. The second-order valence-electron chi connectivity index (χ2n) is 5.97. The van der Waals surface area contributed by atoms with E-state index in [1.165, 1.54) is 35.0 Å². The monoisotopic (exact) mass is 414 g/mol. The summed E-state index contributed by atoms with van der Waals surface area (Å²) in [4.78, 5) is -0.0666. The lowest BCUT2D eigenvalue weighted by atomic mass is 10.0. The number of hydrogen-bond acceptors (Lipinski definition) is 4. The van der Waals surface area contributed by atoms with Crippen molar-refractivity contribution in [2.45, 2.75) is 17.1 Å². The Bertz CT molecular complexity index is 951. The minimum atomic E-state index is -4.02. The maximum Gasteiger partial charge on any atom is 0.294 e. The molecule has 0 amide bonds. The fourth-order valence-electron chi connectivity index (χ4n) is 2.42. The van der Waals surface area contributed by atoms with E-state index >= 15 is 0 Å². The van der Waals surface area contributed by atoms with E-state index in [1.807, 2.05) is 43.3 Å². The van der Waals surface area contributed by atoms with Gasteiger partial charge in [0.15, 0.2) is 5.17 Å². The van der Waals surface area contributed by atoms with Crippen LogP contribution in [0.15, 0.2) is 89.8 Å². The van der Waals surface area contributed by atoms with Crippen LogP contribution in [-0.2, 0) is 10.1 Å². The maximum atomic E-state index is 10.5. The molecule has 0 saturated carbocycles. The van der Waals surface area contributed by atoms with Gasteiger partial charge in [-0.3, -0.25) is 9.96 Å². The minimum absolute atomic E-state index is 0.0666. The highest BCUT2D eigenvalue weighted by Gasteiger charge is 2.15. The molecule has 3 aromatic rings. The number of rotatable bonds is 4. The third-order valence-electron chi connectivity index (χ3n) is 3.77. The standard InChI is InChI=1S/C14H14N2S.C7H8O3S/c15-14(16)17-13(11-7-3-1-4-8-11)12-9-5-2-6-10-12;1-6-2-4-7(5-3-6)11(8,9)10/h1-10,13H,(H3,15,16);2-5H,1H3,(H,8,9,10). The smallest absolute Gasteiger partial charge is 0.294 e. The number of aryl methyl sites for hydroxylation is 1. The molecule has 0 heterocycles. The van der Waals surface area contributed by atoms with Crippen LogP contribution in [-0.4, -0.2) is 18.1 Å². The summed E-state index contributed by atoms with van der Waals surface area (Å²) in [6.07, 6.45) is 0. The van der Waals surface area contributed by atoms with E-state index in [1.54, 1.807) is 12.1 Å². The van der Waals surface area contributed by atoms with Crippen LogP contribution in [0.4, 0.5) is 0 Å². The molecule has 0 saturated heterocycles. The summed E-state index contributed by atoms with van der Waals surface area (Å²) in [7, 11) is -4.02. The van der Waals surface area contributed by atoms with Crippen LogP contribution in [0, 0.1) is 12.3 Å². The third kappa shape index (κ3) is 6.84. The quantitative estimate of drug-likeness (QED) is 0.328. The van der Waals surface area contributed by atoms with Gasteiger partial charge in [0.2, 0.25) is 0 Å². The number of nitrogens with two attached hydrogens (primary N) is 1. The fraction of sp³-hybridized carbons (Fsp3) is 0.0952. The normalized spacial score (nSPS) is 10.8. The average Bonchev–Trinajstić information content (AvgIpc) is 2.67. The van der Waals surface area contributed by atoms with Crippen molar-refractivity contribution in [3.05, 3.63) is 102 Å². The highest BCUT2D eigenvalue weighted by Crippen LogP contribution is 2.34. The second-order valence-corrected chi connectivity index (χ2v) is 8.54. The first-order valence-electron chi connectivity index (χ1n) is 8.42. The van der Waals surface area contributed by atoms with Crippen LogP contribution in [0.25, 0.3) is 0 Å². The average molecular weight is 415 g/mol. The molecule has 4 N–H and O–H groups in total. The van der Waals surface area contributed by atoms with Gasteiger partial charge in [0.25, 0.3) is 10.1 Å². The molecule has 0 fully saturated rings. The summed E-state index contributed by atoms with van der Waals surface area (Å²) in [5.74, 6) is 0. The molecule has 0 aromatic heterocycles. The molecule has 3 aromatic carbocycles. The first-order chi connectivity index (χ1) is 13.3. The number of amidine groups is 1. The minimum Gasteiger partial charge on any atom is -0.379 e. The topological polar surface area (TPSA) is 104 Å². The summed E-state index contributed by atoms with van der Waals surface area (Å²) in [6, 6.07) is 26.2. The summed E-state index contributed by atoms with van der Waals surface area (Å²) < 4.78 is 29.6. The molecule has 0 unspecified atom stereocenters. The molecule has 3 rings (SSSR count). The van der Waals surface area contributed by atoms with E-state index < -0.39 is 10.1 Å². The van der Waals surface area contributed by atoms with Gasteiger partial charge in [0.1, 0.15) is 0 Å². The molecule has 28 heavy (non-hydrogen) atoms. The van der Waals surface area contributed by atoms with Crippen molar-refractivity contribution in [3.8, 4) is 0 Å². The highest BCUT2D eigenvalue weighted by molar-refractivity contribution is 8.14. The molecule has 7 heteroatoms. The van der Waals surface area contributed by atoms with Crippen molar-refractivity contribution >= 4 is 27.0 Å². The summed E-state index contributed by atoms with van der Waals surface area (Å²) in [5.41, 5.74) is 8.80. The highest BCUT2D eigenvalue weighted by atomic mass is 32.2. The predicted octanol–water partition coefficient (Wildman–Crippen LogP) is 4.64. The van der Waals surface area contributed by atoms with Crippen molar-refractivity contribution in [1.29, 1.82) is 5.41 Å². The number of hydrogen-bond donors (Lipinski definition) is 3. The van der Waals surface area contributed by atoms with Crippen LogP contribution in [0.3, 0.4) is 0 Å². The van der Waals surface area contributed by atoms with Crippen molar-refractivity contribution in [2.75, 3.05) is 0 Å². The molecule has 0 atom stereocenters. The lowest BCUT2D eigenvalue weighted by Crippen LogP contribution is -2.08. The first kappa shape index (κ1) is 21.7. The van der Waals surface area contributed by atoms with Gasteiger partial charge in [-0.05, 0) is 30.2 Å². The van der Waals surface area contributed by atoms with Crippen molar-refractivity contribution < 1.29 is 13.0 Å². The van der Waals surface area contributed by atoms with Gasteiger partial charge in [0, 0.05) is 0 Å². The van der Waals surface area contributed by atoms with Crippen LogP contribution in [0.5, 0.6) is 0 Å². The Morgan fingerprint density at radius 1 is 0.893 bits per heavy atom. The Morgan fingerprint density at radius 3 is 1.68 bits per heavy atom. The largest absolute Gasteiger partial charge is 0.379 e. The third-order valence-corrected chi connectivity index (χ3v) is 5.67. The first-order valence-corrected chi connectivity index (χ1v) is 10.7. The molecule has 5 nitrogen and oxygen atoms in total. The maximum absolute atomic E-state index is 10.5. The van der Waals surface area contributed by atoms with Crippen LogP contribution >= 0.6 is 11.8 Å². The van der Waals surface area contributed by atoms with E-state index in [9.17, 15) is 8.42 Å². The Morgan fingerprint density at radius 2 is 1.32 bits per heavy atom. The van der Waals surface area contributed by atoms with Crippen molar-refractivity contribution in [1.82, 2.24) is 0 Å². The van der Waals surface area contributed by atoms with Crippen LogP contribution < -0.4 is 5.73 Å². The van der Waals surface area contributed by atoms with Gasteiger partial charge in [-0.25, -0.2) is 0 Å². The number of benzene rings is 3. The molecular weight excluding hydrogens is 392 g/mol. The number of thioether (sulfide) groups is 1. The zero-order valence-electron chi connectivity index (χ0n) is 15.3. The van der Waals surface area contributed by atoms with Gasteiger partial charge in [-0.1, -0.05) is 90.1 Å². The van der Waals surface area contributed by atoms with Gasteiger partial charge in [-0.15, -0.1) is 0 Å². The second kappa shape index (κ2) is 10.1. The van der Waals surface area contributed by atoms with Gasteiger partial charge in [-0.2, -0.15) is 8.42 Å². The van der Waals surface area contributed by atoms with E-state index in [4.69, 9.17) is 15.7 Å². The Labute approximate surface area is 169 Å². The Balaban J connectivity index is 0.000000221. The molecule has 0 bridgehead atoms. The number of nitrogens with one attached hydrogen (secondary N) is 1. The van der Waals surface area contributed by atoms with E-state index in [2.05, 4.69) is 24.3 Å². The summed E-state index contributed by atoms with van der Waals surface area (Å²) in [5, 5.41) is 7.70. The van der Waals surface area contributed by atoms with Crippen molar-refractivity contribution in [2.24, 2.45) is 5.73 Å². The lowest BCUT2D eigenvalue weighted by Gasteiger charge is -2.16. The predicted molar refractivity (Wildman–Crippen MR) is 115 cm³/mol. The van der Waals surface area contributed by atoms with Gasteiger partial charge >= 0.3 is 0 Å². The summed E-state index contributed by atoms with van der Waals surface area (Å²) >= 11 is 1.37. The molecule has 0 spiro atoms. The fourth-order valence-corrected chi connectivity index (χ4v) is 3.74. The molecule has 0 aliphatic heterocycles. The molecule has 0 aliphatic rings. The van der Waals surface area contributed by atoms with Crippen molar-refractivity contribution in [3.63, 3.8) is 0 Å². The molecule has 0 radical (unpaired) electrons.